The summed E-state index contributed by atoms with van der Waals surface area (Å²) in [6.07, 6.45) is 1.00. The van der Waals surface area contributed by atoms with Gasteiger partial charge in [0.25, 0.3) is 0 Å². The number of benzene rings is 3. The molecule has 3 rings (SSSR count). The first-order chi connectivity index (χ1) is 16.8. The van der Waals surface area contributed by atoms with Crippen molar-refractivity contribution in [3.05, 3.63) is 106 Å². The average Bonchev–Trinajstić information content (AvgIpc) is 2.87. The van der Waals surface area contributed by atoms with Crippen LogP contribution < -0.4 is 5.32 Å². The smallest absolute Gasteiger partial charge is 0.242 e. The van der Waals surface area contributed by atoms with E-state index in [-0.39, 0.29) is 36.7 Å². The van der Waals surface area contributed by atoms with E-state index in [1.165, 1.54) is 0 Å². The van der Waals surface area contributed by atoms with Crippen molar-refractivity contribution in [1.29, 1.82) is 0 Å². The van der Waals surface area contributed by atoms with Gasteiger partial charge in [0.05, 0.1) is 0 Å². The second-order valence-electron chi connectivity index (χ2n) is 8.79. The molecular weight excluding hydrogens is 479 g/mol. The van der Waals surface area contributed by atoms with E-state index in [4.69, 9.17) is 23.2 Å². The molecule has 0 heterocycles. The Morgan fingerprint density at radius 1 is 0.829 bits per heavy atom. The number of amides is 2. The molecule has 2 amide bonds. The molecule has 2 atom stereocenters. The molecule has 0 aliphatic heterocycles. The van der Waals surface area contributed by atoms with Gasteiger partial charge in [0.2, 0.25) is 11.8 Å². The van der Waals surface area contributed by atoms with Crippen molar-refractivity contribution in [3.63, 3.8) is 0 Å². The van der Waals surface area contributed by atoms with Crippen molar-refractivity contribution >= 4 is 35.0 Å². The van der Waals surface area contributed by atoms with Crippen LogP contribution in [0.2, 0.25) is 10.0 Å². The molecule has 3 aromatic rings. The van der Waals surface area contributed by atoms with E-state index in [9.17, 15) is 9.59 Å². The summed E-state index contributed by atoms with van der Waals surface area (Å²) in [6, 6.07) is 24.5. The normalized spacial score (nSPS) is 12.7. The van der Waals surface area contributed by atoms with Crippen molar-refractivity contribution in [2.45, 2.75) is 58.2 Å². The molecule has 35 heavy (non-hydrogen) atoms. The molecule has 3 aromatic carbocycles. The summed E-state index contributed by atoms with van der Waals surface area (Å²) in [5, 5.41) is 3.93. The summed E-state index contributed by atoms with van der Waals surface area (Å²) in [6.45, 7) is 5.85. The number of nitrogens with zero attached hydrogens (tertiary/aromatic N) is 1. The third-order valence-electron chi connectivity index (χ3n) is 6.34. The molecule has 0 saturated carbocycles. The monoisotopic (exact) mass is 510 g/mol. The van der Waals surface area contributed by atoms with Crippen molar-refractivity contribution in [1.82, 2.24) is 10.2 Å². The lowest BCUT2D eigenvalue weighted by molar-refractivity contribution is -0.141. The fraction of sp³-hybridized carbons (Fsp3) is 0.310. The van der Waals surface area contributed by atoms with Gasteiger partial charge in [-0.2, -0.15) is 0 Å². The molecule has 0 aromatic heterocycles. The maximum atomic E-state index is 13.9. The molecule has 4 nitrogen and oxygen atoms in total. The Balaban J connectivity index is 1.96. The van der Waals surface area contributed by atoms with Gasteiger partial charge in [-0.3, -0.25) is 9.59 Å². The van der Waals surface area contributed by atoms with Crippen LogP contribution >= 0.6 is 23.2 Å². The topological polar surface area (TPSA) is 49.4 Å². The third-order valence-corrected chi connectivity index (χ3v) is 7.05. The van der Waals surface area contributed by atoms with Gasteiger partial charge in [0.15, 0.2) is 0 Å². The molecule has 0 spiro atoms. The molecule has 184 valence electrons. The lowest BCUT2D eigenvalue weighted by atomic mass is 9.88. The van der Waals surface area contributed by atoms with E-state index < -0.39 is 6.04 Å². The minimum atomic E-state index is -0.698. The van der Waals surface area contributed by atoms with E-state index in [0.717, 1.165) is 17.5 Å². The standard InChI is InChI=1S/C29H32Cl2N2O2/c1-4-20(2)32-29(35)21(3)33(19-25-26(30)16-11-17-27(25)31)28(34)18-24(22-12-7-5-8-13-22)23-14-9-6-10-15-23/h5-17,20-21,24H,4,18-19H2,1-3H3,(H,32,35)/t20-,21-/m1/s1. The van der Waals surface area contributed by atoms with Gasteiger partial charge in [-0.15, -0.1) is 0 Å². The lowest BCUT2D eigenvalue weighted by Crippen LogP contribution is -2.49. The molecule has 0 aliphatic carbocycles. The van der Waals surface area contributed by atoms with E-state index >= 15 is 0 Å². The van der Waals surface area contributed by atoms with Gasteiger partial charge in [-0.05, 0) is 43.5 Å². The van der Waals surface area contributed by atoms with Crippen molar-refractivity contribution in [2.24, 2.45) is 0 Å². The highest BCUT2D eigenvalue weighted by molar-refractivity contribution is 6.36. The maximum Gasteiger partial charge on any atom is 0.242 e. The van der Waals surface area contributed by atoms with Crippen LogP contribution in [0.3, 0.4) is 0 Å². The van der Waals surface area contributed by atoms with Crippen molar-refractivity contribution < 1.29 is 9.59 Å². The minimum Gasteiger partial charge on any atom is -0.352 e. The van der Waals surface area contributed by atoms with E-state index in [1.54, 1.807) is 30.0 Å². The van der Waals surface area contributed by atoms with E-state index in [1.807, 2.05) is 74.5 Å². The highest BCUT2D eigenvalue weighted by Gasteiger charge is 2.30. The predicted molar refractivity (Wildman–Crippen MR) is 144 cm³/mol. The summed E-state index contributed by atoms with van der Waals surface area (Å²) >= 11 is 12.9. The number of nitrogens with one attached hydrogen (secondary N) is 1. The highest BCUT2D eigenvalue weighted by atomic mass is 35.5. The number of carbonyl (C=O) groups excluding carboxylic acids is 2. The van der Waals surface area contributed by atoms with Crippen LogP contribution in [-0.4, -0.2) is 28.8 Å². The Morgan fingerprint density at radius 3 is 1.83 bits per heavy atom. The van der Waals surface area contributed by atoms with E-state index in [2.05, 4.69) is 5.32 Å². The largest absolute Gasteiger partial charge is 0.352 e. The summed E-state index contributed by atoms with van der Waals surface area (Å²) in [4.78, 5) is 28.5. The summed E-state index contributed by atoms with van der Waals surface area (Å²) < 4.78 is 0. The quantitative estimate of drug-likeness (QED) is 0.324. The van der Waals surface area contributed by atoms with Crippen LogP contribution in [0.15, 0.2) is 78.9 Å². The van der Waals surface area contributed by atoms with Crippen LogP contribution in [0, 0.1) is 0 Å². The fourth-order valence-electron chi connectivity index (χ4n) is 3.99. The Bertz CT molecular complexity index is 1060. The minimum absolute atomic E-state index is 0.00666. The van der Waals surface area contributed by atoms with Gasteiger partial charge in [-0.1, -0.05) is 96.9 Å². The van der Waals surface area contributed by atoms with Gasteiger partial charge < -0.3 is 10.2 Å². The van der Waals surface area contributed by atoms with Gasteiger partial charge in [0.1, 0.15) is 6.04 Å². The number of carbonyl (C=O) groups is 2. The van der Waals surface area contributed by atoms with Crippen LogP contribution in [0.1, 0.15) is 56.2 Å². The van der Waals surface area contributed by atoms with Crippen LogP contribution in [0.5, 0.6) is 0 Å². The highest BCUT2D eigenvalue weighted by Crippen LogP contribution is 2.31. The Hall–Kier alpha value is -2.82. The Labute approximate surface area is 218 Å². The zero-order valence-electron chi connectivity index (χ0n) is 20.4. The SMILES string of the molecule is CC[C@@H](C)NC(=O)[C@@H](C)N(Cc1c(Cl)cccc1Cl)C(=O)CC(c1ccccc1)c1ccccc1. The predicted octanol–water partition coefficient (Wildman–Crippen LogP) is 6.85. The summed E-state index contributed by atoms with van der Waals surface area (Å²) in [5.41, 5.74) is 2.71. The van der Waals surface area contributed by atoms with E-state index in [0.29, 0.717) is 15.6 Å². The number of rotatable bonds is 10. The molecule has 0 fully saturated rings. The van der Waals surface area contributed by atoms with Gasteiger partial charge >= 0.3 is 0 Å². The molecule has 0 aliphatic rings. The average molecular weight is 511 g/mol. The van der Waals surface area contributed by atoms with Gasteiger partial charge in [-0.25, -0.2) is 0 Å². The second kappa shape index (κ2) is 12.8. The maximum absolute atomic E-state index is 13.9. The molecule has 6 heteroatoms. The van der Waals surface area contributed by atoms with Crippen LogP contribution in [-0.2, 0) is 16.1 Å². The first-order valence-corrected chi connectivity index (χ1v) is 12.7. The third kappa shape index (κ3) is 7.09. The second-order valence-corrected chi connectivity index (χ2v) is 9.61. The number of hydrogen-bond acceptors (Lipinski definition) is 2. The summed E-state index contributed by atoms with van der Waals surface area (Å²) in [7, 11) is 0. The Kier molecular flexibility index (Phi) is 9.76. The first kappa shape index (κ1) is 26.8. The molecule has 1 N–H and O–H groups in total. The zero-order valence-corrected chi connectivity index (χ0v) is 21.9. The lowest BCUT2D eigenvalue weighted by Gasteiger charge is -2.31. The zero-order chi connectivity index (χ0) is 25.4. The molecular formula is C29H32Cl2N2O2. The molecule has 0 bridgehead atoms. The van der Waals surface area contributed by atoms with Crippen LogP contribution in [0.4, 0.5) is 0 Å². The summed E-state index contributed by atoms with van der Waals surface area (Å²) in [5.74, 6) is -0.503. The molecule has 0 saturated heterocycles. The number of halogens is 2. The van der Waals surface area contributed by atoms with Crippen LogP contribution in [0.25, 0.3) is 0 Å². The Morgan fingerprint density at radius 2 is 1.34 bits per heavy atom. The molecule has 0 radical (unpaired) electrons. The number of hydrogen-bond donors (Lipinski definition) is 1. The van der Waals surface area contributed by atoms with Crippen molar-refractivity contribution in [3.8, 4) is 0 Å². The fourth-order valence-corrected chi connectivity index (χ4v) is 4.51. The first-order valence-electron chi connectivity index (χ1n) is 11.9. The van der Waals surface area contributed by atoms with Gasteiger partial charge in [0, 0.05) is 40.5 Å². The van der Waals surface area contributed by atoms with Crippen molar-refractivity contribution in [2.75, 3.05) is 0 Å². The molecule has 0 unspecified atom stereocenters.